The van der Waals surface area contributed by atoms with Crippen LogP contribution in [0.4, 0.5) is 5.82 Å². The third-order valence-electron chi connectivity index (χ3n) is 3.44. The summed E-state index contributed by atoms with van der Waals surface area (Å²) in [5, 5.41) is 17.2. The van der Waals surface area contributed by atoms with Crippen LogP contribution in [0.1, 0.15) is 5.69 Å². The largest absolute Gasteiger partial charge is 0.408 e. The molecule has 0 atom stereocenters. The van der Waals surface area contributed by atoms with Gasteiger partial charge in [0.25, 0.3) is 0 Å². The first-order valence-corrected chi connectivity index (χ1v) is 7.31. The molecule has 9 nitrogen and oxygen atoms in total. The molecule has 1 aromatic rings. The Morgan fingerprint density at radius 3 is 2.77 bits per heavy atom. The molecule has 0 spiro atoms. The maximum absolute atomic E-state index is 11.9. The lowest BCUT2D eigenvalue weighted by Gasteiger charge is -2.26. The lowest BCUT2D eigenvalue weighted by molar-refractivity contribution is -0.389. The molecular weight excluding hydrogens is 314 g/mol. The predicted octanol–water partition coefficient (Wildman–Crippen LogP) is 0.202. The van der Waals surface area contributed by atoms with E-state index in [0.29, 0.717) is 25.5 Å². The number of halogens is 1. The van der Waals surface area contributed by atoms with Crippen LogP contribution >= 0.6 is 11.6 Å². The zero-order valence-corrected chi connectivity index (χ0v) is 13.0. The van der Waals surface area contributed by atoms with Gasteiger partial charge in [-0.15, -0.1) is 0 Å². The maximum atomic E-state index is 11.9. The highest BCUT2D eigenvalue weighted by Gasteiger charge is 2.24. The molecule has 0 unspecified atom stereocenters. The summed E-state index contributed by atoms with van der Waals surface area (Å²) in [6.07, 6.45) is 0. The molecule has 1 fully saturated rings. The standard InChI is InChI=1S/C12H18ClN5O4/c1-9-11(13)12(18(20)21)15-17(9)8-10(19)14-2-3-16-4-6-22-7-5-16/h2-8H2,1H3,(H,14,19). The minimum absolute atomic E-state index is 0.0360. The molecule has 0 aromatic carbocycles. The SMILES string of the molecule is Cc1c(Cl)c([N+](=O)[O-])nn1CC(=O)NCCN1CCOCC1. The average Bonchev–Trinajstić information content (AvgIpc) is 2.77. The van der Waals surface area contributed by atoms with E-state index in [4.69, 9.17) is 16.3 Å². The second kappa shape index (κ2) is 7.52. The number of amides is 1. The highest BCUT2D eigenvalue weighted by Crippen LogP contribution is 2.26. The van der Waals surface area contributed by atoms with E-state index >= 15 is 0 Å². The van der Waals surface area contributed by atoms with Crippen LogP contribution < -0.4 is 5.32 Å². The Balaban J connectivity index is 1.81. The Hall–Kier alpha value is -1.71. The van der Waals surface area contributed by atoms with Crippen LogP contribution in [-0.4, -0.2) is 64.9 Å². The highest BCUT2D eigenvalue weighted by molar-refractivity contribution is 6.33. The predicted molar refractivity (Wildman–Crippen MR) is 78.9 cm³/mol. The van der Waals surface area contributed by atoms with Crippen molar-refractivity contribution >= 4 is 23.3 Å². The minimum atomic E-state index is -0.665. The molecule has 1 aromatic heterocycles. The number of rotatable bonds is 6. The molecule has 0 bridgehead atoms. The number of hydrogen-bond acceptors (Lipinski definition) is 6. The Kier molecular flexibility index (Phi) is 5.69. The van der Waals surface area contributed by atoms with E-state index in [2.05, 4.69) is 15.3 Å². The third kappa shape index (κ3) is 4.15. The molecule has 1 aliphatic rings. The van der Waals surface area contributed by atoms with E-state index in [1.54, 1.807) is 6.92 Å². The van der Waals surface area contributed by atoms with Crippen LogP contribution in [0, 0.1) is 17.0 Å². The highest BCUT2D eigenvalue weighted by atomic mass is 35.5. The number of hydrogen-bond donors (Lipinski definition) is 1. The van der Waals surface area contributed by atoms with Gasteiger partial charge in [0.15, 0.2) is 5.02 Å². The topological polar surface area (TPSA) is 103 Å². The van der Waals surface area contributed by atoms with Gasteiger partial charge in [-0.1, -0.05) is 11.6 Å². The second-order valence-electron chi connectivity index (χ2n) is 4.94. The molecule has 0 saturated carbocycles. The second-order valence-corrected chi connectivity index (χ2v) is 5.32. The van der Waals surface area contributed by atoms with Crippen LogP contribution in [-0.2, 0) is 16.1 Å². The van der Waals surface area contributed by atoms with E-state index in [9.17, 15) is 14.9 Å². The summed E-state index contributed by atoms with van der Waals surface area (Å²) in [6.45, 7) is 5.88. The summed E-state index contributed by atoms with van der Waals surface area (Å²) >= 11 is 5.82. The van der Waals surface area contributed by atoms with Crippen LogP contribution in [0.5, 0.6) is 0 Å². The molecule has 122 valence electrons. The summed E-state index contributed by atoms with van der Waals surface area (Å²) < 4.78 is 6.48. The zero-order valence-electron chi connectivity index (χ0n) is 12.2. The average molecular weight is 332 g/mol. The number of morpholine rings is 1. The molecule has 2 heterocycles. The first-order chi connectivity index (χ1) is 10.5. The number of nitrogens with zero attached hydrogens (tertiary/aromatic N) is 4. The smallest absolute Gasteiger partial charge is 0.379 e. The van der Waals surface area contributed by atoms with Crippen molar-refractivity contribution in [1.82, 2.24) is 20.0 Å². The van der Waals surface area contributed by atoms with Gasteiger partial charge in [0.1, 0.15) is 6.54 Å². The van der Waals surface area contributed by atoms with Crippen molar-refractivity contribution in [1.29, 1.82) is 0 Å². The summed E-state index contributed by atoms with van der Waals surface area (Å²) in [4.78, 5) is 24.2. The minimum Gasteiger partial charge on any atom is -0.379 e. The molecule has 1 amide bonds. The van der Waals surface area contributed by atoms with Gasteiger partial charge >= 0.3 is 5.82 Å². The lowest BCUT2D eigenvalue weighted by Crippen LogP contribution is -2.41. The molecule has 22 heavy (non-hydrogen) atoms. The number of nitrogens with one attached hydrogen (secondary N) is 1. The van der Waals surface area contributed by atoms with E-state index < -0.39 is 10.7 Å². The number of carbonyl (C=O) groups is 1. The normalized spacial score (nSPS) is 15.7. The molecule has 1 aliphatic heterocycles. The van der Waals surface area contributed by atoms with E-state index in [1.165, 1.54) is 4.68 Å². The van der Waals surface area contributed by atoms with Crippen molar-refractivity contribution in [3.63, 3.8) is 0 Å². The van der Waals surface area contributed by atoms with Crippen molar-refractivity contribution in [2.24, 2.45) is 0 Å². The molecule has 0 aliphatic carbocycles. The van der Waals surface area contributed by atoms with Gasteiger partial charge in [-0.25, -0.2) is 0 Å². The molecule has 2 rings (SSSR count). The fraction of sp³-hybridized carbons (Fsp3) is 0.667. The van der Waals surface area contributed by atoms with Crippen LogP contribution in [0.3, 0.4) is 0 Å². The van der Waals surface area contributed by atoms with E-state index in [0.717, 1.165) is 19.6 Å². The van der Waals surface area contributed by atoms with Crippen molar-refractivity contribution in [3.8, 4) is 0 Å². The van der Waals surface area contributed by atoms with Gasteiger partial charge < -0.3 is 20.2 Å². The van der Waals surface area contributed by atoms with E-state index in [1.807, 2.05) is 0 Å². The van der Waals surface area contributed by atoms with Crippen molar-refractivity contribution in [2.45, 2.75) is 13.5 Å². The Morgan fingerprint density at radius 2 is 2.18 bits per heavy atom. The number of nitro groups is 1. The monoisotopic (exact) mass is 331 g/mol. The van der Waals surface area contributed by atoms with Gasteiger partial charge in [-0.2, -0.15) is 4.68 Å². The van der Waals surface area contributed by atoms with Crippen molar-refractivity contribution in [3.05, 3.63) is 20.8 Å². The summed E-state index contributed by atoms with van der Waals surface area (Å²) in [5.74, 6) is -0.689. The van der Waals surface area contributed by atoms with E-state index in [-0.39, 0.29) is 17.5 Å². The third-order valence-corrected chi connectivity index (χ3v) is 3.88. The summed E-state index contributed by atoms with van der Waals surface area (Å²) in [5.41, 5.74) is 0.400. The summed E-state index contributed by atoms with van der Waals surface area (Å²) in [7, 11) is 0. The first kappa shape index (κ1) is 16.7. The first-order valence-electron chi connectivity index (χ1n) is 6.93. The lowest BCUT2D eigenvalue weighted by atomic mass is 10.4. The fourth-order valence-corrected chi connectivity index (χ4v) is 2.35. The van der Waals surface area contributed by atoms with Crippen LogP contribution in [0.15, 0.2) is 0 Å². The van der Waals surface area contributed by atoms with Crippen LogP contribution in [0.25, 0.3) is 0 Å². The molecule has 1 saturated heterocycles. The Bertz CT molecular complexity index is 556. The number of aromatic nitrogens is 2. The van der Waals surface area contributed by atoms with Gasteiger partial charge in [0, 0.05) is 26.2 Å². The quantitative estimate of drug-likeness (QED) is 0.590. The van der Waals surface area contributed by atoms with Crippen molar-refractivity contribution in [2.75, 3.05) is 39.4 Å². The van der Waals surface area contributed by atoms with Crippen LogP contribution in [0.2, 0.25) is 5.02 Å². The van der Waals surface area contributed by atoms with Gasteiger partial charge in [0.2, 0.25) is 5.91 Å². The number of ether oxygens (including phenoxy) is 1. The Morgan fingerprint density at radius 1 is 1.50 bits per heavy atom. The molecule has 10 heteroatoms. The molecule has 0 radical (unpaired) electrons. The zero-order chi connectivity index (χ0) is 16.1. The Labute approximate surface area is 132 Å². The molecular formula is C12H18ClN5O4. The number of carbonyl (C=O) groups excluding carboxylic acids is 1. The molecule has 1 N–H and O–H groups in total. The van der Waals surface area contributed by atoms with Crippen molar-refractivity contribution < 1.29 is 14.5 Å². The van der Waals surface area contributed by atoms with Gasteiger partial charge in [-0.05, 0) is 11.8 Å². The van der Waals surface area contributed by atoms with Gasteiger partial charge in [-0.3, -0.25) is 9.69 Å². The summed E-state index contributed by atoms with van der Waals surface area (Å²) in [6, 6.07) is 0. The maximum Gasteiger partial charge on any atom is 0.408 e. The van der Waals surface area contributed by atoms with Gasteiger partial charge in [0.05, 0.1) is 24.0 Å². The fourth-order valence-electron chi connectivity index (χ4n) is 2.15.